The van der Waals surface area contributed by atoms with E-state index in [9.17, 15) is 10.1 Å². The van der Waals surface area contributed by atoms with E-state index in [-0.39, 0.29) is 11.5 Å². The number of nitrogen functional groups attached to an aromatic ring is 1. The highest BCUT2D eigenvalue weighted by molar-refractivity contribution is 5.95. The van der Waals surface area contributed by atoms with E-state index in [1.807, 2.05) is 42.5 Å². The Bertz CT molecular complexity index is 935. The molecule has 6 heteroatoms. The molecule has 1 aromatic heterocycles. The van der Waals surface area contributed by atoms with Crippen LogP contribution in [0.2, 0.25) is 0 Å². The summed E-state index contributed by atoms with van der Waals surface area (Å²) in [5.41, 5.74) is 14.6. The minimum Gasteiger partial charge on any atom is -0.382 e. The Hall–Kier alpha value is -3.59. The van der Waals surface area contributed by atoms with Crippen LogP contribution >= 0.6 is 0 Å². The van der Waals surface area contributed by atoms with E-state index in [0.29, 0.717) is 12.1 Å². The standard InChI is InChI=1S/C18H15N5O/c19-9-14-3-1-2-4-15(14)13-7-5-12(6-8-13)10-23-11-22-17(20)16(23)18(21)24/h1-8,11H,10,20H2,(H2,21,24). The molecule has 1 amide bonds. The molecule has 0 aliphatic heterocycles. The molecule has 2 aromatic carbocycles. The summed E-state index contributed by atoms with van der Waals surface area (Å²) in [7, 11) is 0. The lowest BCUT2D eigenvalue weighted by Gasteiger charge is -2.08. The van der Waals surface area contributed by atoms with Crippen LogP contribution in [0.25, 0.3) is 11.1 Å². The van der Waals surface area contributed by atoms with Gasteiger partial charge in [0.1, 0.15) is 0 Å². The highest BCUT2D eigenvalue weighted by Gasteiger charge is 2.14. The smallest absolute Gasteiger partial charge is 0.269 e. The zero-order valence-electron chi connectivity index (χ0n) is 12.8. The number of amides is 1. The third-order valence-corrected chi connectivity index (χ3v) is 3.76. The van der Waals surface area contributed by atoms with Crippen molar-refractivity contribution >= 4 is 11.7 Å². The number of rotatable bonds is 4. The molecule has 0 unspecified atom stereocenters. The number of nitrogens with two attached hydrogens (primary N) is 2. The fraction of sp³-hybridized carbons (Fsp3) is 0.0556. The maximum absolute atomic E-state index is 11.5. The zero-order chi connectivity index (χ0) is 17.1. The van der Waals surface area contributed by atoms with Gasteiger partial charge in [-0.2, -0.15) is 5.26 Å². The van der Waals surface area contributed by atoms with Gasteiger partial charge in [0.15, 0.2) is 11.5 Å². The van der Waals surface area contributed by atoms with Crippen molar-refractivity contribution in [2.45, 2.75) is 6.54 Å². The third-order valence-electron chi connectivity index (χ3n) is 3.76. The minimum absolute atomic E-state index is 0.127. The minimum atomic E-state index is -0.607. The molecule has 4 N–H and O–H groups in total. The highest BCUT2D eigenvalue weighted by Crippen LogP contribution is 2.24. The first kappa shape index (κ1) is 15.3. The van der Waals surface area contributed by atoms with Crippen LogP contribution in [0.15, 0.2) is 54.9 Å². The molecule has 0 radical (unpaired) electrons. The highest BCUT2D eigenvalue weighted by atomic mass is 16.1. The third kappa shape index (κ3) is 2.83. The summed E-state index contributed by atoms with van der Waals surface area (Å²) in [6.45, 7) is 0.433. The summed E-state index contributed by atoms with van der Waals surface area (Å²) in [5.74, 6) is -0.480. The molecule has 24 heavy (non-hydrogen) atoms. The molecule has 0 aliphatic carbocycles. The largest absolute Gasteiger partial charge is 0.382 e. The number of hydrogen-bond acceptors (Lipinski definition) is 4. The SMILES string of the molecule is N#Cc1ccccc1-c1ccc(Cn2cnc(N)c2C(N)=O)cc1. The second-order valence-electron chi connectivity index (χ2n) is 5.32. The Labute approximate surface area is 139 Å². The van der Waals surface area contributed by atoms with Crippen LogP contribution in [0.3, 0.4) is 0 Å². The van der Waals surface area contributed by atoms with Gasteiger partial charge in [-0.15, -0.1) is 0 Å². The topological polar surface area (TPSA) is 111 Å². The zero-order valence-corrected chi connectivity index (χ0v) is 12.8. The van der Waals surface area contributed by atoms with E-state index < -0.39 is 5.91 Å². The number of imidazole rings is 1. The van der Waals surface area contributed by atoms with Crippen LogP contribution in [0, 0.1) is 11.3 Å². The van der Waals surface area contributed by atoms with E-state index >= 15 is 0 Å². The molecule has 0 saturated carbocycles. The van der Waals surface area contributed by atoms with Gasteiger partial charge < -0.3 is 16.0 Å². The summed E-state index contributed by atoms with van der Waals surface area (Å²) >= 11 is 0. The van der Waals surface area contributed by atoms with Crippen LogP contribution in [-0.4, -0.2) is 15.5 Å². The first-order valence-corrected chi connectivity index (χ1v) is 7.29. The molecule has 3 aromatic rings. The van der Waals surface area contributed by atoms with E-state index in [2.05, 4.69) is 11.1 Å². The molecule has 0 saturated heterocycles. The normalized spacial score (nSPS) is 10.3. The summed E-state index contributed by atoms with van der Waals surface area (Å²) in [6.07, 6.45) is 1.49. The van der Waals surface area contributed by atoms with Gasteiger partial charge in [-0.25, -0.2) is 4.98 Å². The van der Waals surface area contributed by atoms with Gasteiger partial charge in [0.2, 0.25) is 0 Å². The first-order chi connectivity index (χ1) is 11.6. The summed E-state index contributed by atoms with van der Waals surface area (Å²) in [6, 6.07) is 17.4. The number of primary amides is 1. The van der Waals surface area contributed by atoms with Crippen molar-refractivity contribution in [3.63, 3.8) is 0 Å². The maximum atomic E-state index is 11.5. The number of hydrogen-bond donors (Lipinski definition) is 2. The van der Waals surface area contributed by atoms with Crippen molar-refractivity contribution in [2.24, 2.45) is 5.73 Å². The Morgan fingerprint density at radius 3 is 2.54 bits per heavy atom. The Kier molecular flexibility index (Phi) is 4.00. The van der Waals surface area contributed by atoms with E-state index in [4.69, 9.17) is 11.5 Å². The average Bonchev–Trinajstić information content (AvgIpc) is 2.96. The van der Waals surface area contributed by atoms with Crippen LogP contribution in [0.5, 0.6) is 0 Å². The van der Waals surface area contributed by atoms with Crippen LogP contribution in [-0.2, 0) is 6.54 Å². The molecule has 3 rings (SSSR count). The Morgan fingerprint density at radius 2 is 1.88 bits per heavy atom. The van der Waals surface area contributed by atoms with Crippen molar-refractivity contribution in [1.82, 2.24) is 9.55 Å². The van der Waals surface area contributed by atoms with Crippen molar-refractivity contribution < 1.29 is 4.79 Å². The van der Waals surface area contributed by atoms with Gasteiger partial charge >= 0.3 is 0 Å². The van der Waals surface area contributed by atoms with Gasteiger partial charge in [-0.05, 0) is 22.8 Å². The molecular formula is C18H15N5O. The lowest BCUT2D eigenvalue weighted by molar-refractivity contribution is 0.0993. The van der Waals surface area contributed by atoms with Gasteiger partial charge in [0.25, 0.3) is 5.91 Å². The molecule has 1 heterocycles. The van der Waals surface area contributed by atoms with Gasteiger partial charge in [-0.3, -0.25) is 4.79 Å². The van der Waals surface area contributed by atoms with Crippen molar-refractivity contribution in [3.8, 4) is 17.2 Å². The van der Waals surface area contributed by atoms with Gasteiger partial charge in [0.05, 0.1) is 18.0 Å². The van der Waals surface area contributed by atoms with E-state index in [1.165, 1.54) is 6.33 Å². The number of aromatic nitrogens is 2. The molecular weight excluding hydrogens is 302 g/mol. The van der Waals surface area contributed by atoms with Crippen molar-refractivity contribution in [1.29, 1.82) is 5.26 Å². The predicted molar refractivity (Wildman–Crippen MR) is 90.9 cm³/mol. The lowest BCUT2D eigenvalue weighted by Crippen LogP contribution is -2.18. The molecule has 0 fully saturated rings. The summed E-state index contributed by atoms with van der Waals surface area (Å²) < 4.78 is 1.62. The molecule has 0 spiro atoms. The number of nitrogens with zero attached hydrogens (tertiary/aromatic N) is 3. The average molecular weight is 317 g/mol. The lowest BCUT2D eigenvalue weighted by atomic mass is 9.99. The van der Waals surface area contributed by atoms with Crippen LogP contribution in [0.1, 0.15) is 21.6 Å². The number of benzene rings is 2. The molecule has 0 aliphatic rings. The second kappa shape index (κ2) is 6.26. The molecule has 118 valence electrons. The quantitative estimate of drug-likeness (QED) is 0.768. The molecule has 0 bridgehead atoms. The number of carbonyl (C=O) groups excluding carboxylic acids is 1. The molecule has 6 nitrogen and oxygen atoms in total. The maximum Gasteiger partial charge on any atom is 0.269 e. The van der Waals surface area contributed by atoms with E-state index in [0.717, 1.165) is 16.7 Å². The van der Waals surface area contributed by atoms with E-state index in [1.54, 1.807) is 10.6 Å². The fourth-order valence-electron chi connectivity index (χ4n) is 2.60. The number of nitriles is 1. The van der Waals surface area contributed by atoms with Gasteiger partial charge in [0, 0.05) is 6.54 Å². The number of carbonyl (C=O) groups is 1. The van der Waals surface area contributed by atoms with Crippen molar-refractivity contribution in [2.75, 3.05) is 5.73 Å². The van der Waals surface area contributed by atoms with Crippen LogP contribution in [0.4, 0.5) is 5.82 Å². The molecule has 0 atom stereocenters. The summed E-state index contributed by atoms with van der Waals surface area (Å²) in [4.78, 5) is 15.4. The first-order valence-electron chi connectivity index (χ1n) is 7.29. The fourth-order valence-corrected chi connectivity index (χ4v) is 2.60. The van der Waals surface area contributed by atoms with Crippen molar-refractivity contribution in [3.05, 3.63) is 71.7 Å². The second-order valence-corrected chi connectivity index (χ2v) is 5.32. The Morgan fingerprint density at radius 1 is 1.17 bits per heavy atom. The Balaban J connectivity index is 1.89. The van der Waals surface area contributed by atoms with Crippen LogP contribution < -0.4 is 11.5 Å². The monoisotopic (exact) mass is 317 g/mol. The number of anilines is 1. The van der Waals surface area contributed by atoms with Gasteiger partial charge in [-0.1, -0.05) is 42.5 Å². The predicted octanol–water partition coefficient (Wildman–Crippen LogP) is 2.15. The summed E-state index contributed by atoms with van der Waals surface area (Å²) in [5, 5.41) is 9.20.